The number of methoxy groups -OCH3 is 1. The Kier molecular flexibility index (Phi) is 4.08. The van der Waals surface area contributed by atoms with Crippen molar-refractivity contribution in [1.29, 1.82) is 0 Å². The molecule has 0 atom stereocenters. The quantitative estimate of drug-likeness (QED) is 0.545. The summed E-state index contributed by atoms with van der Waals surface area (Å²) in [6.07, 6.45) is 0. The molecule has 0 aromatic heterocycles. The van der Waals surface area contributed by atoms with Crippen molar-refractivity contribution in [2.24, 2.45) is 5.90 Å². The van der Waals surface area contributed by atoms with Crippen LogP contribution in [-0.4, -0.2) is 20.3 Å². The highest BCUT2D eigenvalue weighted by molar-refractivity contribution is 5.39. The van der Waals surface area contributed by atoms with Crippen molar-refractivity contribution in [3.05, 3.63) is 24.3 Å². The molecular weight excluding hydrogens is 170 g/mol. The fraction of sp³-hybridized carbons (Fsp3) is 0.333. The van der Waals surface area contributed by atoms with Gasteiger partial charge < -0.3 is 14.3 Å². The second-order valence-electron chi connectivity index (χ2n) is 2.37. The molecule has 0 aliphatic heterocycles. The van der Waals surface area contributed by atoms with Crippen molar-refractivity contribution >= 4 is 0 Å². The molecule has 0 aliphatic carbocycles. The molecule has 0 amide bonds. The third kappa shape index (κ3) is 2.93. The van der Waals surface area contributed by atoms with Gasteiger partial charge >= 0.3 is 0 Å². The van der Waals surface area contributed by atoms with Gasteiger partial charge in [0.2, 0.25) is 0 Å². The molecule has 0 bridgehead atoms. The third-order valence-electron chi connectivity index (χ3n) is 1.53. The van der Waals surface area contributed by atoms with Crippen LogP contribution in [-0.2, 0) is 4.84 Å². The van der Waals surface area contributed by atoms with Crippen molar-refractivity contribution in [2.75, 3.05) is 20.3 Å². The van der Waals surface area contributed by atoms with Gasteiger partial charge in [0.05, 0.1) is 7.11 Å². The topological polar surface area (TPSA) is 53.7 Å². The molecule has 0 saturated heterocycles. The Morgan fingerprint density at radius 1 is 1.15 bits per heavy atom. The highest BCUT2D eigenvalue weighted by Crippen LogP contribution is 2.25. The van der Waals surface area contributed by atoms with Crippen molar-refractivity contribution in [3.8, 4) is 11.5 Å². The number of hydrogen-bond acceptors (Lipinski definition) is 4. The summed E-state index contributed by atoms with van der Waals surface area (Å²) in [5.74, 6) is 6.26. The van der Waals surface area contributed by atoms with Gasteiger partial charge in [0.1, 0.15) is 13.2 Å². The lowest BCUT2D eigenvalue weighted by Crippen LogP contribution is -2.10. The van der Waals surface area contributed by atoms with E-state index in [2.05, 4.69) is 4.84 Å². The first-order valence-electron chi connectivity index (χ1n) is 3.96. The molecule has 0 saturated carbocycles. The van der Waals surface area contributed by atoms with E-state index in [0.717, 1.165) is 0 Å². The number of benzene rings is 1. The van der Waals surface area contributed by atoms with E-state index in [-0.39, 0.29) is 0 Å². The average molecular weight is 183 g/mol. The van der Waals surface area contributed by atoms with Crippen molar-refractivity contribution in [1.82, 2.24) is 0 Å². The molecular formula is C9H13NO3. The molecule has 2 N–H and O–H groups in total. The Balaban J connectivity index is 2.54. The van der Waals surface area contributed by atoms with Crippen molar-refractivity contribution in [3.63, 3.8) is 0 Å². The Morgan fingerprint density at radius 2 is 1.85 bits per heavy atom. The van der Waals surface area contributed by atoms with E-state index in [1.54, 1.807) is 7.11 Å². The lowest BCUT2D eigenvalue weighted by molar-refractivity contribution is 0.101. The Labute approximate surface area is 77.2 Å². The maximum Gasteiger partial charge on any atom is 0.161 e. The predicted molar refractivity (Wildman–Crippen MR) is 48.6 cm³/mol. The first-order valence-corrected chi connectivity index (χ1v) is 3.96. The molecule has 4 heteroatoms. The first kappa shape index (κ1) is 9.83. The molecule has 0 fully saturated rings. The van der Waals surface area contributed by atoms with Gasteiger partial charge in [-0.05, 0) is 12.1 Å². The van der Waals surface area contributed by atoms with Gasteiger partial charge in [-0.2, -0.15) is 0 Å². The van der Waals surface area contributed by atoms with E-state index in [4.69, 9.17) is 15.4 Å². The number of rotatable bonds is 5. The van der Waals surface area contributed by atoms with Gasteiger partial charge in [0, 0.05) is 0 Å². The standard InChI is InChI=1S/C9H13NO3/c1-11-8-4-2-3-5-9(8)12-6-7-13-10/h2-5H,6-7,10H2,1H3. The number of hydrogen-bond donors (Lipinski definition) is 1. The van der Waals surface area contributed by atoms with Crippen LogP contribution >= 0.6 is 0 Å². The molecule has 0 radical (unpaired) electrons. The van der Waals surface area contributed by atoms with Gasteiger partial charge in [-0.1, -0.05) is 12.1 Å². The van der Waals surface area contributed by atoms with Crippen LogP contribution in [0.2, 0.25) is 0 Å². The van der Waals surface area contributed by atoms with E-state index in [1.807, 2.05) is 24.3 Å². The van der Waals surface area contributed by atoms with Crippen LogP contribution in [0.3, 0.4) is 0 Å². The lowest BCUT2D eigenvalue weighted by atomic mass is 10.3. The summed E-state index contributed by atoms with van der Waals surface area (Å²) in [5, 5.41) is 0. The monoisotopic (exact) mass is 183 g/mol. The summed E-state index contributed by atoms with van der Waals surface area (Å²) < 4.78 is 10.4. The highest BCUT2D eigenvalue weighted by Gasteiger charge is 2.00. The molecule has 0 heterocycles. The Bertz CT molecular complexity index is 252. The summed E-state index contributed by atoms with van der Waals surface area (Å²) in [6.45, 7) is 0.773. The summed E-state index contributed by atoms with van der Waals surface area (Å²) >= 11 is 0. The predicted octanol–water partition coefficient (Wildman–Crippen LogP) is 0.964. The van der Waals surface area contributed by atoms with Crippen LogP contribution in [0.5, 0.6) is 11.5 Å². The second-order valence-corrected chi connectivity index (χ2v) is 2.37. The van der Waals surface area contributed by atoms with E-state index >= 15 is 0 Å². The summed E-state index contributed by atoms with van der Waals surface area (Å²) in [5.41, 5.74) is 0. The molecule has 0 unspecified atom stereocenters. The lowest BCUT2D eigenvalue weighted by Gasteiger charge is -2.08. The van der Waals surface area contributed by atoms with Crippen LogP contribution in [0.1, 0.15) is 0 Å². The van der Waals surface area contributed by atoms with Gasteiger partial charge in [-0.25, -0.2) is 5.90 Å². The molecule has 1 aromatic carbocycles. The second kappa shape index (κ2) is 5.40. The zero-order chi connectivity index (χ0) is 9.52. The average Bonchev–Trinajstić information content (AvgIpc) is 2.19. The molecule has 1 aromatic rings. The SMILES string of the molecule is COc1ccccc1OCCON. The van der Waals surface area contributed by atoms with E-state index in [9.17, 15) is 0 Å². The molecule has 1 rings (SSSR count). The summed E-state index contributed by atoms with van der Waals surface area (Å²) in [7, 11) is 1.60. The number of para-hydroxylation sites is 2. The molecule has 0 aliphatic rings. The van der Waals surface area contributed by atoms with Crippen LogP contribution in [0.15, 0.2) is 24.3 Å². The zero-order valence-electron chi connectivity index (χ0n) is 7.53. The maximum atomic E-state index is 5.34. The molecule has 13 heavy (non-hydrogen) atoms. The van der Waals surface area contributed by atoms with E-state index in [0.29, 0.717) is 24.7 Å². The molecule has 0 spiro atoms. The third-order valence-corrected chi connectivity index (χ3v) is 1.53. The first-order chi connectivity index (χ1) is 6.38. The van der Waals surface area contributed by atoms with E-state index in [1.165, 1.54) is 0 Å². The van der Waals surface area contributed by atoms with Gasteiger partial charge in [0.25, 0.3) is 0 Å². The minimum atomic E-state index is 0.359. The van der Waals surface area contributed by atoms with Gasteiger partial charge in [-0.3, -0.25) is 0 Å². The van der Waals surface area contributed by atoms with Gasteiger partial charge in [-0.15, -0.1) is 0 Å². The summed E-state index contributed by atoms with van der Waals surface area (Å²) in [4.78, 5) is 4.37. The van der Waals surface area contributed by atoms with Gasteiger partial charge in [0.15, 0.2) is 11.5 Å². The van der Waals surface area contributed by atoms with E-state index < -0.39 is 0 Å². The highest BCUT2D eigenvalue weighted by atomic mass is 16.6. The van der Waals surface area contributed by atoms with Crippen LogP contribution in [0.25, 0.3) is 0 Å². The largest absolute Gasteiger partial charge is 0.493 e. The van der Waals surface area contributed by atoms with Crippen molar-refractivity contribution < 1.29 is 14.3 Å². The van der Waals surface area contributed by atoms with Crippen LogP contribution in [0.4, 0.5) is 0 Å². The molecule has 4 nitrogen and oxygen atoms in total. The number of nitrogens with two attached hydrogens (primary N) is 1. The Hall–Kier alpha value is -1.26. The molecule has 72 valence electrons. The normalized spacial score (nSPS) is 9.69. The smallest absolute Gasteiger partial charge is 0.161 e. The van der Waals surface area contributed by atoms with Crippen molar-refractivity contribution in [2.45, 2.75) is 0 Å². The minimum absolute atomic E-state index is 0.359. The Morgan fingerprint density at radius 3 is 2.46 bits per heavy atom. The zero-order valence-corrected chi connectivity index (χ0v) is 7.53. The maximum absolute atomic E-state index is 5.34. The summed E-state index contributed by atoms with van der Waals surface area (Å²) in [6, 6.07) is 7.42. The minimum Gasteiger partial charge on any atom is -0.493 e. The fourth-order valence-corrected chi connectivity index (χ4v) is 0.938. The van der Waals surface area contributed by atoms with Crippen LogP contribution < -0.4 is 15.4 Å². The fourth-order valence-electron chi connectivity index (χ4n) is 0.938. The number of ether oxygens (including phenoxy) is 2. The van der Waals surface area contributed by atoms with Crippen LogP contribution in [0, 0.1) is 0 Å².